The molecule has 0 spiro atoms. The second-order valence-corrected chi connectivity index (χ2v) is 5.21. The smallest absolute Gasteiger partial charge is 0.416 e. The molecule has 0 heterocycles. The Morgan fingerprint density at radius 3 is 2.45 bits per heavy atom. The van der Waals surface area contributed by atoms with Crippen molar-refractivity contribution >= 4 is 28.4 Å². The number of halogens is 3. The summed E-state index contributed by atoms with van der Waals surface area (Å²) in [6.45, 7) is 0. The van der Waals surface area contributed by atoms with E-state index in [2.05, 4.69) is 5.32 Å². The fraction of sp³-hybridized carbons (Fsp3) is 0.273. The third-order valence-electron chi connectivity index (χ3n) is 2.05. The first-order valence-corrected chi connectivity index (χ1v) is 6.71. The molecule has 0 aliphatic heterocycles. The lowest BCUT2D eigenvalue weighted by Crippen LogP contribution is -2.23. The average Bonchev–Trinajstić information content (AvgIpc) is 2.26. The van der Waals surface area contributed by atoms with Crippen LogP contribution in [0.2, 0.25) is 0 Å². The molecule has 0 bridgehead atoms. The minimum atomic E-state index is -4.53. The molecular formula is C11H10F3NO4S. The van der Waals surface area contributed by atoms with Gasteiger partial charge in [-0.1, -0.05) is 6.07 Å². The van der Waals surface area contributed by atoms with Gasteiger partial charge in [-0.25, -0.2) is 0 Å². The van der Waals surface area contributed by atoms with Gasteiger partial charge in [0.2, 0.25) is 5.91 Å². The number of carboxylic acids is 1. The molecule has 20 heavy (non-hydrogen) atoms. The van der Waals surface area contributed by atoms with Crippen LogP contribution in [0.5, 0.6) is 0 Å². The monoisotopic (exact) mass is 309 g/mol. The second kappa shape index (κ2) is 6.51. The lowest BCUT2D eigenvalue weighted by atomic mass is 10.2. The molecule has 0 fully saturated rings. The van der Waals surface area contributed by atoms with Crippen molar-refractivity contribution in [3.8, 4) is 0 Å². The normalized spacial score (nSPS) is 12.8. The number of carbonyl (C=O) groups excluding carboxylic acids is 1. The summed E-state index contributed by atoms with van der Waals surface area (Å²) in [5.74, 6) is -3.43. The van der Waals surface area contributed by atoms with Crippen LogP contribution >= 0.6 is 0 Å². The molecule has 0 radical (unpaired) electrons. The molecule has 0 aliphatic carbocycles. The van der Waals surface area contributed by atoms with Gasteiger partial charge in [0, 0.05) is 16.5 Å². The van der Waals surface area contributed by atoms with Gasteiger partial charge in [-0.15, -0.1) is 0 Å². The quantitative estimate of drug-likeness (QED) is 0.863. The molecule has 1 atom stereocenters. The fourth-order valence-electron chi connectivity index (χ4n) is 1.31. The van der Waals surface area contributed by atoms with E-state index in [1.165, 1.54) is 6.07 Å². The number of aliphatic carboxylic acids is 1. The largest absolute Gasteiger partial charge is 0.481 e. The molecule has 0 saturated heterocycles. The van der Waals surface area contributed by atoms with Crippen molar-refractivity contribution in [1.82, 2.24) is 0 Å². The zero-order chi connectivity index (χ0) is 15.3. The molecule has 1 aromatic carbocycles. The van der Waals surface area contributed by atoms with E-state index in [-0.39, 0.29) is 5.69 Å². The number of carbonyl (C=O) groups is 2. The summed E-state index contributed by atoms with van der Waals surface area (Å²) in [6.07, 6.45) is -4.53. The predicted molar refractivity (Wildman–Crippen MR) is 65.6 cm³/mol. The third kappa shape index (κ3) is 5.39. The Morgan fingerprint density at radius 2 is 1.90 bits per heavy atom. The number of benzene rings is 1. The Hall–Kier alpha value is -1.90. The molecule has 1 aromatic rings. The highest BCUT2D eigenvalue weighted by molar-refractivity contribution is 7.86. The van der Waals surface area contributed by atoms with Gasteiger partial charge < -0.3 is 10.4 Å². The summed E-state index contributed by atoms with van der Waals surface area (Å²) >= 11 is 0. The molecule has 9 heteroatoms. The van der Waals surface area contributed by atoms with Gasteiger partial charge in [0.1, 0.15) is 11.5 Å². The highest BCUT2D eigenvalue weighted by atomic mass is 32.2. The summed E-state index contributed by atoms with van der Waals surface area (Å²) in [4.78, 5) is 21.6. The SMILES string of the molecule is O=C(O)C[S@@](=O)CC(=O)Nc1cccc(C(F)(F)F)c1. The van der Waals surface area contributed by atoms with Crippen molar-refractivity contribution in [1.29, 1.82) is 0 Å². The van der Waals surface area contributed by atoms with Crippen LogP contribution in [0.4, 0.5) is 18.9 Å². The van der Waals surface area contributed by atoms with Crippen LogP contribution in [0.15, 0.2) is 24.3 Å². The molecule has 110 valence electrons. The zero-order valence-electron chi connectivity index (χ0n) is 9.94. The summed E-state index contributed by atoms with van der Waals surface area (Å²) < 4.78 is 48.5. The van der Waals surface area contributed by atoms with Crippen LogP contribution in [0.25, 0.3) is 0 Å². The Kier molecular flexibility index (Phi) is 5.26. The predicted octanol–water partition coefficient (Wildman–Crippen LogP) is 1.48. The minimum Gasteiger partial charge on any atom is -0.481 e. The summed E-state index contributed by atoms with van der Waals surface area (Å²) in [5.41, 5.74) is -1.03. The van der Waals surface area contributed by atoms with Gasteiger partial charge in [0.15, 0.2) is 0 Å². The van der Waals surface area contributed by atoms with Crippen LogP contribution in [0, 0.1) is 0 Å². The van der Waals surface area contributed by atoms with E-state index in [0.29, 0.717) is 0 Å². The Balaban J connectivity index is 2.67. The fourth-order valence-corrected chi connectivity index (χ4v) is 2.05. The number of rotatable bonds is 5. The topological polar surface area (TPSA) is 83.5 Å². The van der Waals surface area contributed by atoms with E-state index in [0.717, 1.165) is 18.2 Å². The Labute approximate surface area is 114 Å². The highest BCUT2D eigenvalue weighted by Crippen LogP contribution is 2.30. The van der Waals surface area contributed by atoms with Crippen LogP contribution in [-0.2, 0) is 26.6 Å². The number of nitrogens with one attached hydrogen (secondary N) is 1. The third-order valence-corrected chi connectivity index (χ3v) is 3.20. The maximum atomic E-state index is 12.4. The molecule has 0 aromatic heterocycles. The molecule has 5 nitrogen and oxygen atoms in total. The van der Waals surface area contributed by atoms with Gasteiger partial charge >= 0.3 is 12.1 Å². The Morgan fingerprint density at radius 1 is 1.25 bits per heavy atom. The molecule has 0 saturated carbocycles. The standard InChI is InChI=1S/C11H10F3NO4S/c12-11(13,14)7-2-1-3-8(4-7)15-9(16)5-20(19)6-10(17)18/h1-4H,5-6H2,(H,15,16)(H,17,18)/t20-/m0/s1. The number of hydrogen-bond acceptors (Lipinski definition) is 3. The molecule has 0 unspecified atom stereocenters. The van der Waals surface area contributed by atoms with Crippen molar-refractivity contribution in [2.45, 2.75) is 6.18 Å². The van der Waals surface area contributed by atoms with Gasteiger partial charge in [-0.05, 0) is 18.2 Å². The van der Waals surface area contributed by atoms with Crippen LogP contribution in [-0.4, -0.2) is 32.7 Å². The van der Waals surface area contributed by atoms with Gasteiger partial charge in [0.05, 0.1) is 5.56 Å². The van der Waals surface area contributed by atoms with E-state index in [9.17, 15) is 27.0 Å². The van der Waals surface area contributed by atoms with Gasteiger partial charge in [-0.3, -0.25) is 13.8 Å². The molecule has 2 N–H and O–H groups in total. The Bertz CT molecular complexity index is 545. The first-order chi connectivity index (χ1) is 9.18. The van der Waals surface area contributed by atoms with Crippen LogP contribution < -0.4 is 5.32 Å². The van der Waals surface area contributed by atoms with E-state index in [4.69, 9.17) is 5.11 Å². The molecule has 1 amide bonds. The first kappa shape index (κ1) is 16.2. The summed E-state index contributed by atoms with van der Waals surface area (Å²) in [7, 11) is -1.91. The van der Waals surface area contributed by atoms with E-state index in [1.807, 2.05) is 0 Å². The molecule has 0 aliphatic rings. The first-order valence-electron chi connectivity index (χ1n) is 5.22. The van der Waals surface area contributed by atoms with Gasteiger partial charge in [-0.2, -0.15) is 13.2 Å². The van der Waals surface area contributed by atoms with Crippen LogP contribution in [0.1, 0.15) is 5.56 Å². The van der Waals surface area contributed by atoms with Crippen molar-refractivity contribution in [3.05, 3.63) is 29.8 Å². The number of carboxylic acid groups (broad SMARTS) is 1. The zero-order valence-corrected chi connectivity index (χ0v) is 10.8. The van der Waals surface area contributed by atoms with E-state index < -0.39 is 45.9 Å². The van der Waals surface area contributed by atoms with E-state index in [1.54, 1.807) is 0 Å². The number of hydrogen-bond donors (Lipinski definition) is 2. The van der Waals surface area contributed by atoms with Crippen LogP contribution in [0.3, 0.4) is 0 Å². The van der Waals surface area contributed by atoms with Crippen molar-refractivity contribution in [3.63, 3.8) is 0 Å². The highest BCUT2D eigenvalue weighted by Gasteiger charge is 2.30. The number of amides is 1. The van der Waals surface area contributed by atoms with Crippen molar-refractivity contribution in [2.75, 3.05) is 16.8 Å². The lowest BCUT2D eigenvalue weighted by molar-refractivity contribution is -0.137. The lowest BCUT2D eigenvalue weighted by Gasteiger charge is -2.09. The van der Waals surface area contributed by atoms with E-state index >= 15 is 0 Å². The van der Waals surface area contributed by atoms with Gasteiger partial charge in [0.25, 0.3) is 0 Å². The van der Waals surface area contributed by atoms with Crippen molar-refractivity contribution in [2.24, 2.45) is 0 Å². The summed E-state index contributed by atoms with van der Waals surface area (Å²) in [5, 5.41) is 10.5. The minimum absolute atomic E-state index is 0.0999. The second-order valence-electron chi connectivity index (χ2n) is 3.75. The summed E-state index contributed by atoms with van der Waals surface area (Å²) in [6, 6.07) is 3.94. The average molecular weight is 309 g/mol. The maximum absolute atomic E-state index is 12.4. The number of anilines is 1. The van der Waals surface area contributed by atoms with Crippen molar-refractivity contribution < 1.29 is 32.1 Å². The maximum Gasteiger partial charge on any atom is 0.416 e. The number of alkyl halides is 3. The molecular weight excluding hydrogens is 299 g/mol. The molecule has 1 rings (SSSR count).